The second-order valence-electron chi connectivity index (χ2n) is 4.76. The molecule has 1 aromatic heterocycles. The average molecular weight is 237 g/mol. The molecule has 1 nitrogen and oxygen atoms in total. The third-order valence-electron chi connectivity index (χ3n) is 3.18. The van der Waals surface area contributed by atoms with Crippen LogP contribution >= 0.6 is 11.3 Å². The Balaban J connectivity index is 1.49. The smallest absolute Gasteiger partial charge is 0.00682 e. The van der Waals surface area contributed by atoms with E-state index < -0.39 is 0 Å². The van der Waals surface area contributed by atoms with Crippen molar-refractivity contribution in [2.24, 2.45) is 0 Å². The fourth-order valence-electron chi connectivity index (χ4n) is 1.94. The molecule has 1 aromatic rings. The zero-order valence-electron chi connectivity index (χ0n) is 10.3. The van der Waals surface area contributed by atoms with Gasteiger partial charge in [0.25, 0.3) is 0 Å². The number of nitrogens with one attached hydrogen (secondary N) is 1. The van der Waals surface area contributed by atoms with Gasteiger partial charge in [-0.25, -0.2) is 0 Å². The van der Waals surface area contributed by atoms with Crippen LogP contribution in [0.5, 0.6) is 0 Å². The van der Waals surface area contributed by atoms with Crippen LogP contribution in [0.1, 0.15) is 48.8 Å². The second-order valence-corrected chi connectivity index (χ2v) is 6.01. The topological polar surface area (TPSA) is 12.0 Å². The molecule has 0 aromatic carbocycles. The van der Waals surface area contributed by atoms with Gasteiger partial charge in [-0.1, -0.05) is 13.3 Å². The van der Waals surface area contributed by atoms with Gasteiger partial charge in [-0.05, 0) is 57.2 Å². The van der Waals surface area contributed by atoms with Crippen LogP contribution in [0, 0.1) is 0 Å². The average Bonchev–Trinajstić information content (AvgIpc) is 3.01. The molecule has 0 saturated heterocycles. The van der Waals surface area contributed by atoms with E-state index in [4.69, 9.17) is 0 Å². The van der Waals surface area contributed by atoms with Crippen molar-refractivity contribution in [3.8, 4) is 0 Å². The normalized spacial score (nSPS) is 15.6. The highest BCUT2D eigenvalue weighted by molar-refractivity contribution is 7.11. The monoisotopic (exact) mass is 237 g/mol. The maximum atomic E-state index is 3.57. The van der Waals surface area contributed by atoms with E-state index in [9.17, 15) is 0 Å². The summed E-state index contributed by atoms with van der Waals surface area (Å²) in [4.78, 5) is 3.11. The summed E-state index contributed by atoms with van der Waals surface area (Å²) in [5.41, 5.74) is 0. The van der Waals surface area contributed by atoms with Gasteiger partial charge < -0.3 is 5.32 Å². The Morgan fingerprint density at radius 3 is 2.69 bits per heavy atom. The summed E-state index contributed by atoms with van der Waals surface area (Å²) in [5.74, 6) is 0. The molecular formula is C14H23NS. The van der Waals surface area contributed by atoms with Crippen molar-refractivity contribution in [3.63, 3.8) is 0 Å². The highest BCUT2D eigenvalue weighted by atomic mass is 32.1. The fraction of sp³-hybridized carbons (Fsp3) is 0.714. The van der Waals surface area contributed by atoms with Crippen LogP contribution in [-0.4, -0.2) is 12.6 Å². The highest BCUT2D eigenvalue weighted by Crippen LogP contribution is 2.20. The number of unbranched alkanes of at least 4 members (excludes halogenated alkanes) is 2. The Morgan fingerprint density at radius 1 is 1.19 bits per heavy atom. The predicted octanol–water partition coefficient (Wildman–Crippen LogP) is 3.78. The Morgan fingerprint density at radius 2 is 2.00 bits per heavy atom. The first-order chi connectivity index (χ1) is 7.88. The first-order valence-corrected chi connectivity index (χ1v) is 7.51. The lowest BCUT2D eigenvalue weighted by Crippen LogP contribution is -2.17. The van der Waals surface area contributed by atoms with E-state index in [2.05, 4.69) is 24.4 Å². The SMILES string of the molecule is CCc1ccc(CCCCCNC2CC2)s1. The summed E-state index contributed by atoms with van der Waals surface area (Å²) in [6.45, 7) is 3.47. The van der Waals surface area contributed by atoms with Crippen LogP contribution in [0.4, 0.5) is 0 Å². The van der Waals surface area contributed by atoms with E-state index in [0.29, 0.717) is 0 Å². The quantitative estimate of drug-likeness (QED) is 0.679. The Labute approximate surface area is 103 Å². The van der Waals surface area contributed by atoms with Gasteiger partial charge in [-0.15, -0.1) is 11.3 Å². The van der Waals surface area contributed by atoms with E-state index in [-0.39, 0.29) is 0 Å². The van der Waals surface area contributed by atoms with Crippen molar-refractivity contribution in [2.45, 2.75) is 57.9 Å². The van der Waals surface area contributed by atoms with Gasteiger partial charge in [-0.3, -0.25) is 0 Å². The molecule has 90 valence electrons. The number of aryl methyl sites for hydroxylation is 2. The maximum absolute atomic E-state index is 3.57. The van der Waals surface area contributed by atoms with E-state index in [1.165, 1.54) is 56.4 Å². The minimum Gasteiger partial charge on any atom is -0.314 e. The summed E-state index contributed by atoms with van der Waals surface area (Å²) in [6.07, 6.45) is 9.38. The Hall–Kier alpha value is -0.340. The summed E-state index contributed by atoms with van der Waals surface area (Å²) >= 11 is 2.00. The molecule has 1 aliphatic carbocycles. The molecule has 0 spiro atoms. The van der Waals surface area contributed by atoms with E-state index in [1.807, 2.05) is 11.3 Å². The maximum Gasteiger partial charge on any atom is 0.00682 e. The fourth-order valence-corrected chi connectivity index (χ4v) is 2.94. The third-order valence-corrected chi connectivity index (χ3v) is 4.47. The van der Waals surface area contributed by atoms with Gasteiger partial charge in [0.2, 0.25) is 0 Å². The van der Waals surface area contributed by atoms with Gasteiger partial charge >= 0.3 is 0 Å². The van der Waals surface area contributed by atoms with Crippen molar-refractivity contribution in [2.75, 3.05) is 6.54 Å². The molecule has 1 N–H and O–H groups in total. The number of thiophene rings is 1. The predicted molar refractivity (Wildman–Crippen MR) is 72.3 cm³/mol. The molecule has 0 amide bonds. The van der Waals surface area contributed by atoms with Crippen LogP contribution in [0.25, 0.3) is 0 Å². The van der Waals surface area contributed by atoms with Crippen LogP contribution in [0.2, 0.25) is 0 Å². The zero-order valence-corrected chi connectivity index (χ0v) is 11.1. The summed E-state index contributed by atoms with van der Waals surface area (Å²) in [6, 6.07) is 5.48. The molecule has 2 rings (SSSR count). The molecule has 1 fully saturated rings. The molecule has 0 unspecified atom stereocenters. The van der Waals surface area contributed by atoms with E-state index in [0.717, 1.165) is 6.04 Å². The molecule has 0 radical (unpaired) electrons. The number of hydrogen-bond acceptors (Lipinski definition) is 2. The molecule has 0 aliphatic heterocycles. The molecule has 0 atom stereocenters. The van der Waals surface area contributed by atoms with Gasteiger partial charge in [0, 0.05) is 15.8 Å². The van der Waals surface area contributed by atoms with Crippen molar-refractivity contribution in [1.29, 1.82) is 0 Å². The Bertz CT molecular complexity index is 301. The number of hydrogen-bond donors (Lipinski definition) is 1. The van der Waals surface area contributed by atoms with Gasteiger partial charge in [-0.2, -0.15) is 0 Å². The number of rotatable bonds is 8. The summed E-state index contributed by atoms with van der Waals surface area (Å²) in [5, 5.41) is 3.57. The summed E-state index contributed by atoms with van der Waals surface area (Å²) < 4.78 is 0. The highest BCUT2D eigenvalue weighted by Gasteiger charge is 2.19. The van der Waals surface area contributed by atoms with E-state index in [1.54, 1.807) is 4.88 Å². The Kier molecular flexibility index (Phi) is 4.86. The summed E-state index contributed by atoms with van der Waals surface area (Å²) in [7, 11) is 0. The van der Waals surface area contributed by atoms with Crippen LogP contribution in [-0.2, 0) is 12.8 Å². The van der Waals surface area contributed by atoms with Crippen LogP contribution < -0.4 is 5.32 Å². The van der Waals surface area contributed by atoms with Gasteiger partial charge in [0.05, 0.1) is 0 Å². The zero-order chi connectivity index (χ0) is 11.2. The molecule has 0 bridgehead atoms. The standard InChI is InChI=1S/C14H23NS/c1-2-13-9-10-14(16-13)6-4-3-5-11-15-12-7-8-12/h9-10,12,15H,2-8,11H2,1H3. The lowest BCUT2D eigenvalue weighted by Gasteiger charge is -2.01. The van der Waals surface area contributed by atoms with Gasteiger partial charge in [0.15, 0.2) is 0 Å². The van der Waals surface area contributed by atoms with E-state index >= 15 is 0 Å². The second kappa shape index (κ2) is 6.41. The minimum atomic E-state index is 0.879. The molecule has 1 aliphatic rings. The van der Waals surface area contributed by atoms with Crippen molar-refractivity contribution >= 4 is 11.3 Å². The minimum absolute atomic E-state index is 0.879. The molecule has 16 heavy (non-hydrogen) atoms. The third kappa shape index (κ3) is 4.26. The van der Waals surface area contributed by atoms with Crippen molar-refractivity contribution in [3.05, 3.63) is 21.9 Å². The molecule has 1 heterocycles. The molecule has 1 saturated carbocycles. The van der Waals surface area contributed by atoms with Crippen LogP contribution in [0.15, 0.2) is 12.1 Å². The lowest BCUT2D eigenvalue weighted by molar-refractivity contribution is 0.601. The van der Waals surface area contributed by atoms with Crippen molar-refractivity contribution < 1.29 is 0 Å². The van der Waals surface area contributed by atoms with Crippen LogP contribution in [0.3, 0.4) is 0 Å². The van der Waals surface area contributed by atoms with Gasteiger partial charge in [0.1, 0.15) is 0 Å². The molecule has 2 heteroatoms. The first-order valence-electron chi connectivity index (χ1n) is 6.69. The molecular weight excluding hydrogens is 214 g/mol. The largest absolute Gasteiger partial charge is 0.314 e. The van der Waals surface area contributed by atoms with Crippen molar-refractivity contribution in [1.82, 2.24) is 5.32 Å². The lowest BCUT2D eigenvalue weighted by atomic mass is 10.2. The first kappa shape index (κ1) is 12.1.